The Balaban J connectivity index is 1.71. The number of nitrogens with one attached hydrogen (secondary N) is 3. The molecule has 124 valence electrons. The van der Waals surface area contributed by atoms with E-state index in [0.717, 1.165) is 0 Å². The topological polar surface area (TPSA) is 87.0 Å². The minimum absolute atomic E-state index is 0.314. The molecule has 3 N–H and O–H groups in total. The van der Waals surface area contributed by atoms with Gasteiger partial charge < -0.3 is 20.0 Å². The Labute approximate surface area is 144 Å². The van der Waals surface area contributed by atoms with Crippen LogP contribution in [0.3, 0.4) is 0 Å². The number of imidazole rings is 1. The van der Waals surface area contributed by atoms with Crippen molar-refractivity contribution in [2.45, 2.75) is 13.0 Å². The van der Waals surface area contributed by atoms with E-state index in [1.807, 2.05) is 0 Å². The summed E-state index contributed by atoms with van der Waals surface area (Å²) in [6.45, 7) is 1.59. The van der Waals surface area contributed by atoms with E-state index < -0.39 is 11.9 Å². The lowest BCUT2D eigenvalue weighted by atomic mass is 10.2. The maximum absolute atomic E-state index is 13.1. The van der Waals surface area contributed by atoms with Crippen LogP contribution in [0.15, 0.2) is 45.7 Å². The van der Waals surface area contributed by atoms with Gasteiger partial charge in [0.1, 0.15) is 11.6 Å². The average Bonchev–Trinajstić information content (AvgIpc) is 2.89. The number of carbonyl (C=O) groups is 1. The molecule has 0 aliphatic heterocycles. The predicted molar refractivity (Wildman–Crippen MR) is 91.7 cm³/mol. The van der Waals surface area contributed by atoms with Crippen LogP contribution in [0.1, 0.15) is 6.92 Å². The molecule has 1 aromatic heterocycles. The molecule has 2 aromatic carbocycles. The van der Waals surface area contributed by atoms with Gasteiger partial charge in [0, 0.05) is 5.69 Å². The second-order valence-electron chi connectivity index (χ2n) is 5.16. The molecule has 3 rings (SSSR count). The van der Waals surface area contributed by atoms with Crippen LogP contribution >= 0.6 is 15.9 Å². The van der Waals surface area contributed by atoms with Crippen molar-refractivity contribution in [3.05, 3.63) is 57.2 Å². The first-order chi connectivity index (χ1) is 11.4. The molecule has 0 saturated carbocycles. The lowest BCUT2D eigenvalue weighted by Crippen LogP contribution is -2.30. The maximum atomic E-state index is 13.1. The Morgan fingerprint density at radius 2 is 1.96 bits per heavy atom. The first-order valence-electron chi connectivity index (χ1n) is 7.07. The van der Waals surface area contributed by atoms with Crippen LogP contribution in [-0.2, 0) is 4.79 Å². The van der Waals surface area contributed by atoms with Crippen LogP contribution in [0.5, 0.6) is 5.75 Å². The molecule has 0 bridgehead atoms. The van der Waals surface area contributed by atoms with Crippen molar-refractivity contribution < 1.29 is 13.9 Å². The Morgan fingerprint density at radius 3 is 2.71 bits per heavy atom. The molecule has 0 aliphatic rings. The van der Waals surface area contributed by atoms with Crippen LogP contribution in [0.2, 0.25) is 0 Å². The second kappa shape index (κ2) is 6.48. The number of amides is 1. The number of halogens is 2. The van der Waals surface area contributed by atoms with Gasteiger partial charge in [0.15, 0.2) is 6.10 Å². The first-order valence-corrected chi connectivity index (χ1v) is 7.86. The highest BCUT2D eigenvalue weighted by molar-refractivity contribution is 9.10. The van der Waals surface area contributed by atoms with Crippen molar-refractivity contribution in [2.24, 2.45) is 0 Å². The molecule has 1 heterocycles. The summed E-state index contributed by atoms with van der Waals surface area (Å²) in [5, 5.41) is 2.70. The smallest absolute Gasteiger partial charge is 0.323 e. The average molecular weight is 394 g/mol. The standard InChI is InChI=1S/C16H13BrFN3O3/c1-8(24-14-5-2-9(18)6-11(14)17)15(22)19-10-3-4-12-13(7-10)21-16(23)20-12/h2-8H,1H3,(H,19,22)(H2,20,21,23)/t8-/m1/s1. The van der Waals surface area contributed by atoms with E-state index in [2.05, 4.69) is 31.2 Å². The highest BCUT2D eigenvalue weighted by Gasteiger charge is 2.17. The molecule has 0 spiro atoms. The van der Waals surface area contributed by atoms with Gasteiger partial charge in [0.2, 0.25) is 0 Å². The minimum Gasteiger partial charge on any atom is -0.480 e. The summed E-state index contributed by atoms with van der Waals surface area (Å²) in [7, 11) is 0. The first kappa shape index (κ1) is 16.3. The number of hydrogen-bond donors (Lipinski definition) is 3. The van der Waals surface area contributed by atoms with Crippen LogP contribution in [0.4, 0.5) is 10.1 Å². The summed E-state index contributed by atoms with van der Waals surface area (Å²) in [6, 6.07) is 8.96. The predicted octanol–water partition coefficient (Wildman–Crippen LogP) is 3.16. The Bertz CT molecular complexity index is 967. The summed E-state index contributed by atoms with van der Waals surface area (Å²) in [4.78, 5) is 28.7. The second-order valence-corrected chi connectivity index (χ2v) is 6.02. The fraction of sp³-hybridized carbons (Fsp3) is 0.125. The van der Waals surface area contributed by atoms with Gasteiger partial charge in [0.05, 0.1) is 15.5 Å². The van der Waals surface area contributed by atoms with Gasteiger partial charge in [-0.25, -0.2) is 9.18 Å². The number of rotatable bonds is 4. The Kier molecular flexibility index (Phi) is 4.39. The van der Waals surface area contributed by atoms with Crippen molar-refractivity contribution >= 4 is 38.6 Å². The van der Waals surface area contributed by atoms with Gasteiger partial charge in [-0.1, -0.05) is 0 Å². The molecule has 1 amide bonds. The quantitative estimate of drug-likeness (QED) is 0.636. The summed E-state index contributed by atoms with van der Waals surface area (Å²) in [5.41, 5.74) is 1.45. The zero-order valence-electron chi connectivity index (χ0n) is 12.5. The van der Waals surface area contributed by atoms with Crippen LogP contribution in [0, 0.1) is 5.82 Å². The van der Waals surface area contributed by atoms with E-state index in [1.165, 1.54) is 18.2 Å². The number of fused-ring (bicyclic) bond motifs is 1. The lowest BCUT2D eigenvalue weighted by molar-refractivity contribution is -0.122. The van der Waals surface area contributed by atoms with Crippen molar-refractivity contribution in [3.8, 4) is 5.75 Å². The summed E-state index contributed by atoms with van der Waals surface area (Å²) in [5.74, 6) is -0.409. The summed E-state index contributed by atoms with van der Waals surface area (Å²) < 4.78 is 19.0. The van der Waals surface area contributed by atoms with Gasteiger partial charge >= 0.3 is 5.69 Å². The highest BCUT2D eigenvalue weighted by Crippen LogP contribution is 2.26. The van der Waals surface area contributed by atoms with Crippen molar-refractivity contribution in [3.63, 3.8) is 0 Å². The number of carbonyl (C=O) groups excluding carboxylic acids is 1. The number of aromatic nitrogens is 2. The monoisotopic (exact) mass is 393 g/mol. The molecule has 8 heteroatoms. The molecule has 0 aliphatic carbocycles. The molecule has 0 saturated heterocycles. The third-order valence-corrected chi connectivity index (χ3v) is 3.97. The molecule has 24 heavy (non-hydrogen) atoms. The minimum atomic E-state index is -0.798. The molecule has 3 aromatic rings. The van der Waals surface area contributed by atoms with E-state index in [-0.39, 0.29) is 11.6 Å². The van der Waals surface area contributed by atoms with E-state index in [0.29, 0.717) is 26.9 Å². The number of benzene rings is 2. The summed E-state index contributed by atoms with van der Waals surface area (Å²) in [6.07, 6.45) is -0.798. The number of H-pyrrole nitrogens is 2. The normalized spacial score (nSPS) is 12.1. The van der Waals surface area contributed by atoms with E-state index >= 15 is 0 Å². The zero-order chi connectivity index (χ0) is 17.3. The van der Waals surface area contributed by atoms with Crippen LogP contribution < -0.4 is 15.7 Å². The van der Waals surface area contributed by atoms with E-state index in [9.17, 15) is 14.0 Å². The van der Waals surface area contributed by atoms with E-state index in [4.69, 9.17) is 4.74 Å². The largest absolute Gasteiger partial charge is 0.480 e. The number of ether oxygens (including phenoxy) is 1. The molecule has 1 atom stereocenters. The van der Waals surface area contributed by atoms with Crippen molar-refractivity contribution in [1.82, 2.24) is 9.97 Å². The number of anilines is 1. The Hall–Kier alpha value is -2.61. The molecule has 0 unspecified atom stereocenters. The van der Waals surface area contributed by atoms with Gasteiger partial charge in [0.25, 0.3) is 5.91 Å². The molecular formula is C16H13BrFN3O3. The zero-order valence-corrected chi connectivity index (χ0v) is 14.1. The molecule has 0 fully saturated rings. The van der Waals surface area contributed by atoms with Gasteiger partial charge in [-0.2, -0.15) is 0 Å². The summed E-state index contributed by atoms with van der Waals surface area (Å²) >= 11 is 3.19. The van der Waals surface area contributed by atoms with Gasteiger partial charge in [-0.05, 0) is 59.3 Å². The molecule has 6 nitrogen and oxygen atoms in total. The SMILES string of the molecule is C[C@@H](Oc1ccc(F)cc1Br)C(=O)Nc1ccc2[nH]c(=O)[nH]c2c1. The maximum Gasteiger partial charge on any atom is 0.323 e. The van der Waals surface area contributed by atoms with Crippen molar-refractivity contribution in [1.29, 1.82) is 0 Å². The molecular weight excluding hydrogens is 381 g/mol. The van der Waals surface area contributed by atoms with Gasteiger partial charge in [-0.3, -0.25) is 4.79 Å². The van der Waals surface area contributed by atoms with E-state index in [1.54, 1.807) is 25.1 Å². The van der Waals surface area contributed by atoms with Crippen LogP contribution in [-0.4, -0.2) is 22.0 Å². The number of aromatic amines is 2. The fourth-order valence-electron chi connectivity index (χ4n) is 2.17. The van der Waals surface area contributed by atoms with Crippen LogP contribution in [0.25, 0.3) is 11.0 Å². The third-order valence-electron chi connectivity index (χ3n) is 3.35. The Morgan fingerprint density at radius 1 is 1.21 bits per heavy atom. The highest BCUT2D eigenvalue weighted by atomic mass is 79.9. The molecule has 0 radical (unpaired) electrons. The van der Waals surface area contributed by atoms with Crippen molar-refractivity contribution in [2.75, 3.05) is 5.32 Å². The lowest BCUT2D eigenvalue weighted by Gasteiger charge is -2.15. The third kappa shape index (κ3) is 3.48. The fourth-order valence-corrected chi connectivity index (χ4v) is 2.61. The van der Waals surface area contributed by atoms with Gasteiger partial charge in [-0.15, -0.1) is 0 Å². The number of hydrogen-bond acceptors (Lipinski definition) is 3.